The molecule has 34 heavy (non-hydrogen) atoms. The number of likely N-dealkylation sites (tertiary alicyclic amines) is 1. The standard InChI is InChI=1S/C26H27BrN2O5/c1-2-14-34-21-8-6-18(7-9-21)24(30)22-23(19-4-3-5-20(27)17-19)29(26(32)25(22)31)11-10-28-12-15-33-16-13-28/h2-9,17,23,30H,1,10-16H2/b24-22+. The highest BCUT2D eigenvalue weighted by atomic mass is 79.9. The topological polar surface area (TPSA) is 79.3 Å². The minimum absolute atomic E-state index is 0.0878. The number of halogens is 1. The number of carbonyl (C=O) groups is 2. The van der Waals surface area contributed by atoms with E-state index in [0.717, 1.165) is 23.1 Å². The molecule has 0 aliphatic carbocycles. The summed E-state index contributed by atoms with van der Waals surface area (Å²) < 4.78 is 11.7. The number of ether oxygens (including phenoxy) is 2. The van der Waals surface area contributed by atoms with Gasteiger partial charge < -0.3 is 19.5 Å². The number of hydrogen-bond donors (Lipinski definition) is 1. The maximum absolute atomic E-state index is 13.2. The number of ketones is 1. The Morgan fingerprint density at radius 2 is 1.88 bits per heavy atom. The number of rotatable bonds is 8. The lowest BCUT2D eigenvalue weighted by molar-refractivity contribution is -0.140. The molecular formula is C26H27BrN2O5. The van der Waals surface area contributed by atoms with Crippen LogP contribution in [0.15, 0.2) is 71.2 Å². The molecule has 2 heterocycles. The predicted molar refractivity (Wildman–Crippen MR) is 133 cm³/mol. The van der Waals surface area contributed by atoms with E-state index in [9.17, 15) is 14.7 Å². The average Bonchev–Trinajstić information content (AvgIpc) is 3.11. The molecule has 0 saturated carbocycles. The molecule has 4 rings (SSSR count). The van der Waals surface area contributed by atoms with E-state index in [1.165, 1.54) is 0 Å². The Bertz CT molecular complexity index is 1090. The van der Waals surface area contributed by atoms with Crippen LogP contribution in [0.2, 0.25) is 0 Å². The number of Topliss-reactive ketones (excluding diaryl/α,β-unsaturated/α-hetero) is 1. The summed E-state index contributed by atoms with van der Waals surface area (Å²) in [6, 6.07) is 13.6. The van der Waals surface area contributed by atoms with Crippen molar-refractivity contribution in [3.05, 3.63) is 82.4 Å². The molecule has 1 unspecified atom stereocenters. The second-order valence-electron chi connectivity index (χ2n) is 8.13. The minimum atomic E-state index is -0.685. The van der Waals surface area contributed by atoms with Crippen molar-refractivity contribution in [2.75, 3.05) is 46.0 Å². The second-order valence-corrected chi connectivity index (χ2v) is 9.04. The van der Waals surface area contributed by atoms with Gasteiger partial charge in [0, 0.05) is 36.2 Å². The largest absolute Gasteiger partial charge is 0.507 e. The third-order valence-corrected chi connectivity index (χ3v) is 6.45. The molecule has 0 radical (unpaired) electrons. The summed E-state index contributed by atoms with van der Waals surface area (Å²) in [6.07, 6.45) is 1.64. The van der Waals surface area contributed by atoms with E-state index in [1.54, 1.807) is 35.2 Å². The third kappa shape index (κ3) is 5.24. The first-order valence-corrected chi connectivity index (χ1v) is 12.0. The Morgan fingerprint density at radius 1 is 1.15 bits per heavy atom. The predicted octanol–water partition coefficient (Wildman–Crippen LogP) is 3.77. The number of hydrogen-bond acceptors (Lipinski definition) is 6. The minimum Gasteiger partial charge on any atom is -0.507 e. The quantitative estimate of drug-likeness (QED) is 0.244. The lowest BCUT2D eigenvalue weighted by atomic mass is 9.95. The van der Waals surface area contributed by atoms with Crippen LogP contribution < -0.4 is 4.74 Å². The van der Waals surface area contributed by atoms with Gasteiger partial charge in [0.25, 0.3) is 11.7 Å². The van der Waals surface area contributed by atoms with Gasteiger partial charge in [-0.15, -0.1) is 0 Å². The first-order chi connectivity index (χ1) is 16.5. The van der Waals surface area contributed by atoms with Gasteiger partial charge in [-0.05, 0) is 42.0 Å². The lowest BCUT2D eigenvalue weighted by Gasteiger charge is -2.31. The van der Waals surface area contributed by atoms with Gasteiger partial charge in [0.2, 0.25) is 0 Å². The van der Waals surface area contributed by atoms with Crippen LogP contribution in [0.1, 0.15) is 17.2 Å². The fourth-order valence-corrected chi connectivity index (χ4v) is 4.64. The van der Waals surface area contributed by atoms with Crippen molar-refractivity contribution in [1.82, 2.24) is 9.80 Å². The molecule has 1 atom stereocenters. The summed E-state index contributed by atoms with van der Waals surface area (Å²) in [5.41, 5.74) is 1.28. The molecule has 2 fully saturated rings. The van der Waals surface area contributed by atoms with Gasteiger partial charge in [-0.25, -0.2) is 0 Å². The highest BCUT2D eigenvalue weighted by Gasteiger charge is 2.46. The summed E-state index contributed by atoms with van der Waals surface area (Å²) in [5, 5.41) is 11.2. The van der Waals surface area contributed by atoms with Crippen LogP contribution in [0.3, 0.4) is 0 Å². The summed E-state index contributed by atoms with van der Waals surface area (Å²) in [7, 11) is 0. The van der Waals surface area contributed by atoms with Crippen LogP contribution in [0.4, 0.5) is 0 Å². The molecule has 0 bridgehead atoms. The number of benzene rings is 2. The SMILES string of the molecule is C=CCOc1ccc(/C(O)=C2\C(=O)C(=O)N(CCN3CCOCC3)C2c2cccc(Br)c2)cc1. The summed E-state index contributed by atoms with van der Waals surface area (Å²) >= 11 is 3.48. The van der Waals surface area contributed by atoms with Crippen LogP contribution >= 0.6 is 15.9 Å². The van der Waals surface area contributed by atoms with Gasteiger partial charge in [0.05, 0.1) is 24.8 Å². The van der Waals surface area contributed by atoms with E-state index in [2.05, 4.69) is 27.4 Å². The fraction of sp³-hybridized carbons (Fsp3) is 0.308. The molecule has 2 aliphatic heterocycles. The van der Waals surface area contributed by atoms with E-state index in [1.807, 2.05) is 24.3 Å². The monoisotopic (exact) mass is 526 g/mol. The third-order valence-electron chi connectivity index (χ3n) is 5.96. The molecule has 178 valence electrons. The van der Waals surface area contributed by atoms with E-state index >= 15 is 0 Å². The number of amides is 1. The Kier molecular flexibility index (Phi) is 7.82. The molecule has 2 aliphatic rings. The molecule has 0 spiro atoms. The van der Waals surface area contributed by atoms with Gasteiger partial charge in [-0.1, -0.05) is 40.7 Å². The van der Waals surface area contributed by atoms with Gasteiger partial charge in [-0.3, -0.25) is 14.5 Å². The van der Waals surface area contributed by atoms with Gasteiger partial charge in [-0.2, -0.15) is 0 Å². The molecule has 2 saturated heterocycles. The number of aliphatic hydroxyl groups is 1. The van der Waals surface area contributed by atoms with E-state index in [0.29, 0.717) is 44.2 Å². The van der Waals surface area contributed by atoms with Crippen LogP contribution in [0.5, 0.6) is 5.75 Å². The Labute approximate surface area is 207 Å². The van der Waals surface area contributed by atoms with Gasteiger partial charge >= 0.3 is 0 Å². The number of morpholine rings is 1. The normalized spacial score (nSPS) is 20.5. The van der Waals surface area contributed by atoms with E-state index in [-0.39, 0.29) is 11.3 Å². The van der Waals surface area contributed by atoms with Gasteiger partial charge in [0.1, 0.15) is 18.1 Å². The molecular weight excluding hydrogens is 500 g/mol. The van der Waals surface area contributed by atoms with Crippen LogP contribution in [-0.4, -0.2) is 72.6 Å². The summed E-state index contributed by atoms with van der Waals surface area (Å²) in [6.45, 7) is 7.85. The zero-order valence-electron chi connectivity index (χ0n) is 18.8. The molecule has 2 aromatic rings. The number of nitrogens with zero attached hydrogens (tertiary/aromatic N) is 2. The highest BCUT2D eigenvalue weighted by molar-refractivity contribution is 9.10. The number of carbonyl (C=O) groups excluding carboxylic acids is 2. The van der Waals surface area contributed by atoms with Crippen LogP contribution in [0, 0.1) is 0 Å². The van der Waals surface area contributed by atoms with Crippen molar-refractivity contribution < 1.29 is 24.2 Å². The van der Waals surface area contributed by atoms with Crippen molar-refractivity contribution in [1.29, 1.82) is 0 Å². The second kappa shape index (κ2) is 11.0. The molecule has 1 N–H and O–H groups in total. The maximum Gasteiger partial charge on any atom is 0.295 e. The smallest absolute Gasteiger partial charge is 0.295 e. The lowest BCUT2D eigenvalue weighted by Crippen LogP contribution is -2.42. The first kappa shape index (κ1) is 24.2. The van der Waals surface area contributed by atoms with Crippen molar-refractivity contribution in [3.63, 3.8) is 0 Å². The molecule has 2 aromatic carbocycles. The Balaban J connectivity index is 1.69. The molecule has 8 heteroatoms. The van der Waals surface area contributed by atoms with Crippen molar-refractivity contribution in [2.24, 2.45) is 0 Å². The summed E-state index contributed by atoms with van der Waals surface area (Å²) in [4.78, 5) is 30.1. The van der Waals surface area contributed by atoms with E-state index < -0.39 is 17.7 Å². The molecule has 1 amide bonds. The molecule has 0 aromatic heterocycles. The summed E-state index contributed by atoms with van der Waals surface area (Å²) in [5.74, 6) is -0.874. The zero-order chi connectivity index (χ0) is 24.1. The van der Waals surface area contributed by atoms with Crippen molar-refractivity contribution in [3.8, 4) is 5.75 Å². The van der Waals surface area contributed by atoms with Crippen LogP contribution in [0.25, 0.3) is 5.76 Å². The Morgan fingerprint density at radius 3 is 2.56 bits per heavy atom. The fourth-order valence-electron chi connectivity index (χ4n) is 4.23. The molecule has 7 nitrogen and oxygen atoms in total. The van der Waals surface area contributed by atoms with Gasteiger partial charge in [0.15, 0.2) is 0 Å². The highest BCUT2D eigenvalue weighted by Crippen LogP contribution is 2.40. The first-order valence-electron chi connectivity index (χ1n) is 11.2. The Hall–Kier alpha value is -2.94. The van der Waals surface area contributed by atoms with Crippen LogP contribution in [-0.2, 0) is 14.3 Å². The average molecular weight is 527 g/mol. The number of aliphatic hydroxyl groups excluding tert-OH is 1. The zero-order valence-corrected chi connectivity index (χ0v) is 20.4. The maximum atomic E-state index is 13.2. The van der Waals surface area contributed by atoms with Crippen molar-refractivity contribution >= 4 is 33.4 Å². The van der Waals surface area contributed by atoms with Crippen molar-refractivity contribution in [2.45, 2.75) is 6.04 Å². The van der Waals surface area contributed by atoms with E-state index in [4.69, 9.17) is 9.47 Å².